The maximum Gasteiger partial charge on any atom is 0.227 e. The quantitative estimate of drug-likeness (QED) is 0.679. The lowest BCUT2D eigenvalue weighted by Gasteiger charge is -2.15. The van der Waals surface area contributed by atoms with Crippen LogP contribution in [0.15, 0.2) is 12.2 Å². The van der Waals surface area contributed by atoms with Crippen LogP contribution in [0.5, 0.6) is 0 Å². The van der Waals surface area contributed by atoms with Crippen molar-refractivity contribution in [3.8, 4) is 0 Å². The first-order valence-corrected chi connectivity index (χ1v) is 6.26. The standard InChI is InChI=1S/C10H18N2OS/c1-7(6-14-2)12-10(13)8-3-4-9(11)5-8/h3-4,7-9H,5-6,11H2,1-2H3,(H,12,13). The molecule has 0 spiro atoms. The Bertz CT molecular complexity index is 230. The molecule has 0 aromatic rings. The molecule has 80 valence electrons. The summed E-state index contributed by atoms with van der Waals surface area (Å²) in [5.41, 5.74) is 5.68. The number of hydrogen-bond acceptors (Lipinski definition) is 3. The topological polar surface area (TPSA) is 55.1 Å². The lowest BCUT2D eigenvalue weighted by atomic mass is 10.1. The van der Waals surface area contributed by atoms with Gasteiger partial charge in [-0.25, -0.2) is 0 Å². The SMILES string of the molecule is CSCC(C)NC(=O)C1C=CC(N)C1. The van der Waals surface area contributed by atoms with Gasteiger partial charge in [-0.1, -0.05) is 12.2 Å². The molecule has 3 N–H and O–H groups in total. The van der Waals surface area contributed by atoms with Crippen LogP contribution in [0.4, 0.5) is 0 Å². The van der Waals surface area contributed by atoms with Gasteiger partial charge in [-0.05, 0) is 19.6 Å². The number of amides is 1. The van der Waals surface area contributed by atoms with Crippen LogP contribution in [0, 0.1) is 5.92 Å². The van der Waals surface area contributed by atoms with E-state index >= 15 is 0 Å². The molecule has 0 aliphatic heterocycles. The van der Waals surface area contributed by atoms with Crippen molar-refractivity contribution < 1.29 is 4.79 Å². The van der Waals surface area contributed by atoms with Gasteiger partial charge in [0.25, 0.3) is 0 Å². The third-order valence-electron chi connectivity index (χ3n) is 2.26. The highest BCUT2D eigenvalue weighted by Gasteiger charge is 2.23. The molecule has 0 saturated carbocycles. The Balaban J connectivity index is 2.32. The molecule has 0 radical (unpaired) electrons. The fraction of sp³-hybridized carbons (Fsp3) is 0.700. The highest BCUT2D eigenvalue weighted by atomic mass is 32.2. The number of rotatable bonds is 4. The number of nitrogens with one attached hydrogen (secondary N) is 1. The molecule has 0 aromatic heterocycles. The molecule has 0 aromatic carbocycles. The molecule has 1 aliphatic carbocycles. The van der Waals surface area contributed by atoms with Crippen LogP contribution >= 0.6 is 11.8 Å². The molecule has 4 heteroatoms. The number of thioether (sulfide) groups is 1. The summed E-state index contributed by atoms with van der Waals surface area (Å²) in [5, 5.41) is 2.98. The van der Waals surface area contributed by atoms with Gasteiger partial charge in [-0.2, -0.15) is 11.8 Å². The lowest BCUT2D eigenvalue weighted by Crippen LogP contribution is -2.38. The van der Waals surface area contributed by atoms with E-state index in [1.807, 2.05) is 25.3 Å². The Kier molecular flexibility index (Phi) is 4.48. The van der Waals surface area contributed by atoms with Crippen molar-refractivity contribution >= 4 is 17.7 Å². The average molecular weight is 214 g/mol. The van der Waals surface area contributed by atoms with Crippen LogP contribution in [0.1, 0.15) is 13.3 Å². The molecular formula is C10H18N2OS. The zero-order valence-electron chi connectivity index (χ0n) is 8.69. The fourth-order valence-corrected chi connectivity index (χ4v) is 2.15. The van der Waals surface area contributed by atoms with Gasteiger partial charge in [0.15, 0.2) is 0 Å². The minimum Gasteiger partial charge on any atom is -0.352 e. The predicted octanol–water partition coefficient (Wildman–Crippen LogP) is 0.758. The third-order valence-corrected chi connectivity index (χ3v) is 3.09. The monoisotopic (exact) mass is 214 g/mol. The third kappa shape index (κ3) is 3.35. The summed E-state index contributed by atoms with van der Waals surface area (Å²) in [7, 11) is 0. The van der Waals surface area contributed by atoms with Crippen molar-refractivity contribution in [2.45, 2.75) is 25.4 Å². The Labute approximate surface area is 89.5 Å². The van der Waals surface area contributed by atoms with E-state index in [0.29, 0.717) is 0 Å². The summed E-state index contributed by atoms with van der Waals surface area (Å²) >= 11 is 1.74. The number of carbonyl (C=O) groups excluding carboxylic acids is 1. The van der Waals surface area contributed by atoms with Crippen molar-refractivity contribution in [2.24, 2.45) is 11.7 Å². The normalized spacial score (nSPS) is 27.6. The first-order chi connectivity index (χ1) is 6.63. The van der Waals surface area contributed by atoms with Gasteiger partial charge in [-0.15, -0.1) is 0 Å². The first-order valence-electron chi connectivity index (χ1n) is 4.86. The van der Waals surface area contributed by atoms with E-state index in [1.54, 1.807) is 11.8 Å². The fourth-order valence-electron chi connectivity index (χ4n) is 1.56. The van der Waals surface area contributed by atoms with Gasteiger partial charge < -0.3 is 11.1 Å². The van der Waals surface area contributed by atoms with Crippen LogP contribution in [0.3, 0.4) is 0 Å². The van der Waals surface area contributed by atoms with E-state index in [9.17, 15) is 4.79 Å². The van der Waals surface area contributed by atoms with Crippen LogP contribution in [-0.2, 0) is 4.79 Å². The van der Waals surface area contributed by atoms with E-state index < -0.39 is 0 Å². The Hall–Kier alpha value is -0.480. The van der Waals surface area contributed by atoms with Gasteiger partial charge in [0.1, 0.15) is 0 Å². The van der Waals surface area contributed by atoms with Gasteiger partial charge in [0, 0.05) is 17.8 Å². The highest BCUT2D eigenvalue weighted by molar-refractivity contribution is 7.98. The van der Waals surface area contributed by atoms with E-state index in [0.717, 1.165) is 12.2 Å². The second-order valence-electron chi connectivity index (χ2n) is 3.76. The van der Waals surface area contributed by atoms with Gasteiger partial charge in [0.05, 0.1) is 5.92 Å². The first kappa shape index (κ1) is 11.6. The van der Waals surface area contributed by atoms with Crippen molar-refractivity contribution in [1.29, 1.82) is 0 Å². The molecule has 0 saturated heterocycles. The molecular weight excluding hydrogens is 196 g/mol. The van der Waals surface area contributed by atoms with Crippen molar-refractivity contribution in [3.63, 3.8) is 0 Å². The van der Waals surface area contributed by atoms with Crippen LogP contribution in [-0.4, -0.2) is 30.0 Å². The van der Waals surface area contributed by atoms with Crippen LogP contribution in [0.2, 0.25) is 0 Å². The molecule has 3 unspecified atom stereocenters. The van der Waals surface area contributed by atoms with E-state index in [2.05, 4.69) is 5.32 Å². The molecule has 0 fully saturated rings. The van der Waals surface area contributed by atoms with Gasteiger partial charge in [-0.3, -0.25) is 4.79 Å². The molecule has 1 rings (SSSR count). The Morgan fingerprint density at radius 1 is 1.71 bits per heavy atom. The molecule has 1 aliphatic rings. The summed E-state index contributed by atoms with van der Waals surface area (Å²) in [4.78, 5) is 11.6. The van der Waals surface area contributed by atoms with Crippen molar-refractivity contribution in [2.75, 3.05) is 12.0 Å². The van der Waals surface area contributed by atoms with E-state index in [4.69, 9.17) is 5.73 Å². The summed E-state index contributed by atoms with van der Waals surface area (Å²) in [6, 6.07) is 0.296. The lowest BCUT2D eigenvalue weighted by molar-refractivity contribution is -0.124. The largest absolute Gasteiger partial charge is 0.352 e. The van der Waals surface area contributed by atoms with Crippen LogP contribution in [0.25, 0.3) is 0 Å². The van der Waals surface area contributed by atoms with Crippen molar-refractivity contribution in [1.82, 2.24) is 5.32 Å². The zero-order valence-corrected chi connectivity index (χ0v) is 9.51. The molecule has 0 heterocycles. The minimum atomic E-state index is -0.0192. The number of carbonyl (C=O) groups is 1. The molecule has 14 heavy (non-hydrogen) atoms. The summed E-state index contributed by atoms with van der Waals surface area (Å²) in [5.74, 6) is 1.04. The van der Waals surface area contributed by atoms with Crippen molar-refractivity contribution in [3.05, 3.63) is 12.2 Å². The smallest absolute Gasteiger partial charge is 0.227 e. The molecule has 3 nitrogen and oxygen atoms in total. The Morgan fingerprint density at radius 3 is 2.93 bits per heavy atom. The predicted molar refractivity (Wildman–Crippen MR) is 61.2 cm³/mol. The molecule has 0 bridgehead atoms. The summed E-state index contributed by atoms with van der Waals surface area (Å²) in [6.07, 6.45) is 6.60. The highest BCUT2D eigenvalue weighted by Crippen LogP contribution is 2.16. The van der Waals surface area contributed by atoms with Gasteiger partial charge in [0.2, 0.25) is 5.91 Å². The Morgan fingerprint density at radius 2 is 2.43 bits per heavy atom. The second kappa shape index (κ2) is 5.41. The minimum absolute atomic E-state index is 0.0192. The maximum absolute atomic E-state index is 11.6. The summed E-state index contributed by atoms with van der Waals surface area (Å²) in [6.45, 7) is 2.02. The van der Waals surface area contributed by atoms with E-state index in [-0.39, 0.29) is 23.9 Å². The van der Waals surface area contributed by atoms with Crippen LogP contribution < -0.4 is 11.1 Å². The van der Waals surface area contributed by atoms with E-state index in [1.165, 1.54) is 0 Å². The number of nitrogens with two attached hydrogens (primary N) is 1. The maximum atomic E-state index is 11.6. The average Bonchev–Trinajstić information content (AvgIpc) is 2.52. The number of hydrogen-bond donors (Lipinski definition) is 2. The second-order valence-corrected chi connectivity index (χ2v) is 4.67. The van der Waals surface area contributed by atoms with Gasteiger partial charge >= 0.3 is 0 Å². The zero-order chi connectivity index (χ0) is 10.6. The summed E-state index contributed by atoms with van der Waals surface area (Å²) < 4.78 is 0. The molecule has 1 amide bonds. The molecule has 3 atom stereocenters.